The maximum absolute atomic E-state index is 12.1. The molecule has 0 bridgehead atoms. The first-order chi connectivity index (χ1) is 12.0. The molecule has 0 unspecified atom stereocenters. The molecular weight excluding hydrogens is 340 g/mol. The molecule has 2 N–H and O–H groups in total. The highest BCUT2D eigenvalue weighted by Gasteiger charge is 2.16. The number of benzene rings is 1. The van der Waals surface area contributed by atoms with E-state index in [9.17, 15) is 4.79 Å². The molecule has 0 radical (unpaired) electrons. The van der Waals surface area contributed by atoms with Crippen molar-refractivity contribution < 1.29 is 9.53 Å². The lowest BCUT2D eigenvalue weighted by Crippen LogP contribution is -2.06. The number of nitrogens with one attached hydrogen (secondary N) is 2. The molecule has 0 spiro atoms. The topological polar surface area (TPSA) is 87.4 Å². The van der Waals surface area contributed by atoms with Crippen LogP contribution in [-0.2, 0) is 0 Å². The Bertz CT molecular complexity index is 834. The number of amidine groups is 1. The lowest BCUT2D eigenvalue weighted by Gasteiger charge is -2.16. The van der Waals surface area contributed by atoms with Gasteiger partial charge in [0.15, 0.2) is 17.4 Å². The molecule has 1 aromatic carbocycles. The Kier molecular flexibility index (Phi) is 6.25. The van der Waals surface area contributed by atoms with Gasteiger partial charge in [0, 0.05) is 18.8 Å². The van der Waals surface area contributed by atoms with E-state index in [1.807, 2.05) is 0 Å². The molecule has 0 aliphatic carbocycles. The summed E-state index contributed by atoms with van der Waals surface area (Å²) >= 11 is 5.98. The number of anilines is 2. The van der Waals surface area contributed by atoms with Crippen LogP contribution in [0.5, 0.6) is 5.75 Å². The highest BCUT2D eigenvalue weighted by atomic mass is 35.5. The third-order valence-corrected chi connectivity index (χ3v) is 3.70. The van der Waals surface area contributed by atoms with Gasteiger partial charge in [-0.15, -0.1) is 0 Å². The largest absolute Gasteiger partial charge is 0.494 e. The van der Waals surface area contributed by atoms with Crippen molar-refractivity contribution in [1.29, 1.82) is 5.41 Å². The van der Waals surface area contributed by atoms with Crippen LogP contribution in [0.3, 0.4) is 0 Å². The highest BCUT2D eigenvalue weighted by molar-refractivity contribution is 6.29. The zero-order valence-electron chi connectivity index (χ0n) is 14.3. The van der Waals surface area contributed by atoms with Crippen molar-refractivity contribution in [2.45, 2.75) is 20.3 Å². The fourth-order valence-corrected chi connectivity index (χ4v) is 2.49. The van der Waals surface area contributed by atoms with E-state index in [0.29, 0.717) is 34.7 Å². The third-order valence-electron chi connectivity index (χ3n) is 3.49. The number of pyridine rings is 1. The summed E-state index contributed by atoms with van der Waals surface area (Å²) < 4.78 is 5.46. The molecule has 0 aliphatic heterocycles. The predicted octanol–water partition coefficient (Wildman–Crippen LogP) is 4.50. The van der Waals surface area contributed by atoms with Gasteiger partial charge < -0.3 is 10.1 Å². The van der Waals surface area contributed by atoms with Crippen molar-refractivity contribution in [2.24, 2.45) is 4.99 Å². The summed E-state index contributed by atoms with van der Waals surface area (Å²) in [5.74, 6) is 0.492. The quantitative estimate of drug-likeness (QED) is 0.344. The van der Waals surface area contributed by atoms with E-state index in [1.165, 1.54) is 13.3 Å². The number of carbonyl (C=O) groups excluding carboxylic acids is 1. The molecule has 1 heterocycles. The number of aromatic nitrogens is 1. The Labute approximate surface area is 151 Å². The van der Waals surface area contributed by atoms with Gasteiger partial charge in [0.1, 0.15) is 5.15 Å². The molecular formula is C18H19ClN4O2. The summed E-state index contributed by atoms with van der Waals surface area (Å²) in [6.45, 7) is 3.52. The Hall–Kier alpha value is -2.73. The molecule has 0 atom stereocenters. The van der Waals surface area contributed by atoms with Gasteiger partial charge in [0.05, 0.1) is 29.6 Å². The number of rotatable bonds is 6. The fourth-order valence-electron chi connectivity index (χ4n) is 2.33. The first-order valence-corrected chi connectivity index (χ1v) is 8.10. The summed E-state index contributed by atoms with van der Waals surface area (Å²) in [7, 11) is 1.52. The minimum Gasteiger partial charge on any atom is -0.494 e. The second-order valence-corrected chi connectivity index (χ2v) is 5.46. The number of para-hydroxylation sites is 1. The second-order valence-electron chi connectivity index (χ2n) is 5.08. The van der Waals surface area contributed by atoms with Gasteiger partial charge in [-0.25, -0.2) is 9.98 Å². The highest BCUT2D eigenvalue weighted by Crippen LogP contribution is 2.33. The number of carbonyl (C=O) groups is 1. The number of nitrogens with zero attached hydrogens (tertiary/aromatic N) is 2. The fraction of sp³-hybridized carbons (Fsp3) is 0.222. The Morgan fingerprint density at radius 3 is 2.80 bits per heavy atom. The molecule has 130 valence electrons. The number of hydrogen-bond donors (Lipinski definition) is 2. The average Bonchev–Trinajstić information content (AvgIpc) is 2.61. The zero-order valence-corrected chi connectivity index (χ0v) is 15.0. The van der Waals surface area contributed by atoms with Crippen LogP contribution in [0.2, 0.25) is 5.15 Å². The van der Waals surface area contributed by atoms with Crippen LogP contribution < -0.4 is 10.1 Å². The van der Waals surface area contributed by atoms with E-state index < -0.39 is 0 Å². The Morgan fingerprint density at radius 2 is 2.16 bits per heavy atom. The average molecular weight is 359 g/mol. The third kappa shape index (κ3) is 4.22. The normalized spacial score (nSPS) is 10.7. The van der Waals surface area contributed by atoms with E-state index >= 15 is 0 Å². The van der Waals surface area contributed by atoms with Crippen LogP contribution in [0.25, 0.3) is 0 Å². The van der Waals surface area contributed by atoms with Crippen molar-refractivity contribution in [3.8, 4) is 5.75 Å². The van der Waals surface area contributed by atoms with Crippen LogP contribution in [0.1, 0.15) is 36.2 Å². The number of halogens is 1. The van der Waals surface area contributed by atoms with E-state index in [4.69, 9.17) is 21.7 Å². The van der Waals surface area contributed by atoms with Crippen LogP contribution >= 0.6 is 11.6 Å². The lowest BCUT2D eigenvalue weighted by atomic mass is 10.1. The van der Waals surface area contributed by atoms with Crippen LogP contribution in [0.4, 0.5) is 11.4 Å². The smallest absolute Gasteiger partial charge is 0.166 e. The van der Waals surface area contributed by atoms with Crippen molar-refractivity contribution in [1.82, 2.24) is 4.98 Å². The van der Waals surface area contributed by atoms with Crippen LogP contribution in [0, 0.1) is 5.41 Å². The number of Topliss-reactive ketones (excluding diaryl/α,β-unsaturated/α-hetero) is 1. The van der Waals surface area contributed by atoms with E-state index in [2.05, 4.69) is 15.3 Å². The molecule has 0 amide bonds. The maximum atomic E-state index is 12.1. The van der Waals surface area contributed by atoms with Gasteiger partial charge in [-0.3, -0.25) is 10.2 Å². The number of ketones is 1. The van der Waals surface area contributed by atoms with E-state index in [-0.39, 0.29) is 16.8 Å². The van der Waals surface area contributed by atoms with Gasteiger partial charge in [-0.2, -0.15) is 0 Å². The number of aliphatic imine (C=N–C) groups is 1. The predicted molar refractivity (Wildman–Crippen MR) is 101 cm³/mol. The van der Waals surface area contributed by atoms with Crippen LogP contribution in [-0.4, -0.2) is 29.9 Å². The summed E-state index contributed by atoms with van der Waals surface area (Å²) in [6.07, 6.45) is 3.35. The molecule has 7 heteroatoms. The minimum absolute atomic E-state index is 0.0508. The molecule has 2 rings (SSSR count). The Morgan fingerprint density at radius 1 is 1.40 bits per heavy atom. The SMILES string of the molecule is CC=NC(=N)c1cccc(Nc2cc(Cl)ncc2C(=O)CC)c1OC. The first kappa shape index (κ1) is 18.6. The van der Waals surface area contributed by atoms with E-state index in [0.717, 1.165) is 0 Å². The molecule has 0 saturated heterocycles. The maximum Gasteiger partial charge on any atom is 0.166 e. The van der Waals surface area contributed by atoms with E-state index in [1.54, 1.807) is 44.3 Å². The Balaban J connectivity index is 2.51. The standard InChI is InChI=1S/C18H19ClN4O2/c1-4-15(24)12-10-22-16(19)9-14(12)23-13-8-6-7-11(17(13)25-3)18(20)21-5-2/h5-10,20H,4H2,1-3H3,(H,22,23). The lowest BCUT2D eigenvalue weighted by molar-refractivity contribution is 0.0988. The molecule has 1 aromatic heterocycles. The molecule has 0 aliphatic rings. The van der Waals surface area contributed by atoms with Crippen LogP contribution in [0.15, 0.2) is 35.5 Å². The molecule has 0 saturated carbocycles. The molecule has 0 fully saturated rings. The van der Waals surface area contributed by atoms with Gasteiger partial charge in [-0.1, -0.05) is 24.6 Å². The number of methoxy groups -OCH3 is 1. The summed E-state index contributed by atoms with van der Waals surface area (Å²) in [6, 6.07) is 6.91. The summed E-state index contributed by atoms with van der Waals surface area (Å²) in [5.41, 5.74) is 2.12. The molecule has 6 nitrogen and oxygen atoms in total. The minimum atomic E-state index is -0.0508. The van der Waals surface area contributed by atoms with Gasteiger partial charge in [0.25, 0.3) is 0 Å². The molecule has 2 aromatic rings. The van der Waals surface area contributed by atoms with Crippen molar-refractivity contribution in [3.05, 3.63) is 46.7 Å². The van der Waals surface area contributed by atoms with Gasteiger partial charge in [0.2, 0.25) is 0 Å². The summed E-state index contributed by atoms with van der Waals surface area (Å²) in [4.78, 5) is 20.1. The van der Waals surface area contributed by atoms with Crippen molar-refractivity contribution >= 4 is 40.8 Å². The number of hydrogen-bond acceptors (Lipinski definition) is 5. The van der Waals surface area contributed by atoms with Gasteiger partial charge in [-0.05, 0) is 25.1 Å². The monoisotopic (exact) mass is 358 g/mol. The first-order valence-electron chi connectivity index (χ1n) is 7.72. The van der Waals surface area contributed by atoms with Crippen molar-refractivity contribution in [3.63, 3.8) is 0 Å². The second kappa shape index (κ2) is 8.39. The zero-order chi connectivity index (χ0) is 18.4. The van der Waals surface area contributed by atoms with Gasteiger partial charge >= 0.3 is 0 Å². The number of ether oxygens (including phenoxy) is 1. The summed E-state index contributed by atoms with van der Waals surface area (Å²) in [5, 5.41) is 11.5. The van der Waals surface area contributed by atoms with Crippen molar-refractivity contribution in [2.75, 3.05) is 12.4 Å². The molecule has 25 heavy (non-hydrogen) atoms.